The summed E-state index contributed by atoms with van der Waals surface area (Å²) in [5, 5.41) is 5.10. The predicted molar refractivity (Wildman–Crippen MR) is 107 cm³/mol. The molecular weight excluding hydrogens is 354 g/mol. The van der Waals surface area contributed by atoms with E-state index in [9.17, 15) is 4.79 Å². The van der Waals surface area contributed by atoms with Crippen molar-refractivity contribution in [2.45, 2.75) is 13.0 Å². The highest BCUT2D eigenvalue weighted by molar-refractivity contribution is 5.98. The Balaban J connectivity index is 1.54. The summed E-state index contributed by atoms with van der Waals surface area (Å²) in [5.74, 6) is 0.686. The van der Waals surface area contributed by atoms with Gasteiger partial charge in [-0.1, -0.05) is 12.1 Å². The molecule has 0 aliphatic carbocycles. The Morgan fingerprint density at radius 3 is 2.64 bits per heavy atom. The normalized spacial score (nSPS) is 12.1. The number of hydrogen-bond donors (Lipinski definition) is 1. The van der Waals surface area contributed by atoms with Crippen LogP contribution in [0, 0.1) is 0 Å². The van der Waals surface area contributed by atoms with Gasteiger partial charge in [0.25, 0.3) is 5.91 Å². The lowest BCUT2D eigenvalue weighted by Crippen LogP contribution is -2.29. The number of benzene rings is 2. The first-order valence-electron chi connectivity index (χ1n) is 8.95. The molecule has 4 rings (SSSR count). The fraction of sp³-hybridized carbons (Fsp3) is 0.190. The van der Waals surface area contributed by atoms with Gasteiger partial charge in [0.05, 0.1) is 18.8 Å². The van der Waals surface area contributed by atoms with Crippen molar-refractivity contribution in [1.82, 2.24) is 24.6 Å². The van der Waals surface area contributed by atoms with Crippen molar-refractivity contribution >= 4 is 16.8 Å². The van der Waals surface area contributed by atoms with Crippen LogP contribution in [0.25, 0.3) is 16.6 Å². The van der Waals surface area contributed by atoms with E-state index in [-0.39, 0.29) is 11.9 Å². The second-order valence-electron chi connectivity index (χ2n) is 6.66. The van der Waals surface area contributed by atoms with Gasteiger partial charge in [-0.05, 0) is 42.8 Å². The summed E-state index contributed by atoms with van der Waals surface area (Å²) in [6.45, 7) is 2.01. The Morgan fingerprint density at radius 1 is 1.18 bits per heavy atom. The third-order valence-electron chi connectivity index (χ3n) is 5.02. The van der Waals surface area contributed by atoms with Gasteiger partial charge in [-0.2, -0.15) is 5.10 Å². The molecule has 0 saturated heterocycles. The Labute approximate surface area is 162 Å². The quantitative estimate of drug-likeness (QED) is 0.578. The lowest BCUT2D eigenvalue weighted by molar-refractivity contribution is 0.0737. The number of carbonyl (C=O) groups excluding carboxylic acids is 1. The zero-order valence-electron chi connectivity index (χ0n) is 16.0. The molecule has 0 bridgehead atoms. The molecule has 1 N–H and O–H groups in total. The first-order valence-corrected chi connectivity index (χ1v) is 8.95. The number of nitrogens with one attached hydrogen (secondary N) is 1. The van der Waals surface area contributed by atoms with Gasteiger partial charge in [-0.25, -0.2) is 9.67 Å². The Hall–Kier alpha value is -3.61. The van der Waals surface area contributed by atoms with E-state index in [0.717, 1.165) is 27.9 Å². The minimum atomic E-state index is -0.0850. The molecule has 2 aromatic heterocycles. The number of hydrogen-bond acceptors (Lipinski definition) is 4. The zero-order chi connectivity index (χ0) is 19.7. The molecule has 0 saturated carbocycles. The van der Waals surface area contributed by atoms with E-state index in [2.05, 4.69) is 15.1 Å². The summed E-state index contributed by atoms with van der Waals surface area (Å²) in [6, 6.07) is 15.4. The minimum absolute atomic E-state index is 0.0666. The van der Waals surface area contributed by atoms with Crippen LogP contribution in [0.3, 0.4) is 0 Å². The lowest BCUT2D eigenvalue weighted by Gasteiger charge is -2.25. The van der Waals surface area contributed by atoms with Crippen LogP contribution in [0.5, 0.6) is 5.75 Å². The van der Waals surface area contributed by atoms with Crippen LogP contribution in [0.15, 0.2) is 61.2 Å². The summed E-state index contributed by atoms with van der Waals surface area (Å²) in [4.78, 5) is 21.9. The first-order chi connectivity index (χ1) is 13.6. The Morgan fingerprint density at radius 2 is 1.96 bits per heavy atom. The van der Waals surface area contributed by atoms with Crippen LogP contribution in [-0.4, -0.2) is 44.7 Å². The molecule has 28 heavy (non-hydrogen) atoms. The number of H-pyrrole nitrogens is 1. The average molecular weight is 375 g/mol. The highest BCUT2D eigenvalue weighted by Crippen LogP contribution is 2.25. The van der Waals surface area contributed by atoms with Crippen LogP contribution < -0.4 is 4.74 Å². The maximum atomic E-state index is 13.0. The zero-order valence-corrected chi connectivity index (χ0v) is 16.0. The highest BCUT2D eigenvalue weighted by Gasteiger charge is 2.20. The number of carbonyl (C=O) groups is 1. The lowest BCUT2D eigenvalue weighted by atomic mass is 10.1. The van der Waals surface area contributed by atoms with Gasteiger partial charge in [-0.3, -0.25) is 4.79 Å². The molecule has 4 aromatic rings. The van der Waals surface area contributed by atoms with E-state index >= 15 is 0 Å². The van der Waals surface area contributed by atoms with Gasteiger partial charge in [0, 0.05) is 24.0 Å². The number of rotatable bonds is 5. The Bertz CT molecular complexity index is 1100. The van der Waals surface area contributed by atoms with Crippen LogP contribution >= 0.6 is 0 Å². The summed E-state index contributed by atoms with van der Waals surface area (Å²) in [7, 11) is 3.43. The molecule has 1 amide bonds. The van der Waals surface area contributed by atoms with Crippen LogP contribution in [0.4, 0.5) is 0 Å². The molecule has 0 spiro atoms. The van der Waals surface area contributed by atoms with Crippen LogP contribution in [0.2, 0.25) is 0 Å². The molecule has 0 unspecified atom stereocenters. The third-order valence-corrected chi connectivity index (χ3v) is 5.02. The molecule has 0 aliphatic heterocycles. The van der Waals surface area contributed by atoms with Gasteiger partial charge in [0.2, 0.25) is 0 Å². The number of ether oxygens (including phenoxy) is 1. The van der Waals surface area contributed by atoms with Gasteiger partial charge in [-0.15, -0.1) is 0 Å². The molecular formula is C21H21N5O2. The average Bonchev–Trinajstić information content (AvgIpc) is 3.41. The van der Waals surface area contributed by atoms with E-state index in [4.69, 9.17) is 4.74 Å². The largest absolute Gasteiger partial charge is 0.497 e. The van der Waals surface area contributed by atoms with Crippen LogP contribution in [-0.2, 0) is 0 Å². The second kappa shape index (κ2) is 7.19. The smallest absolute Gasteiger partial charge is 0.270 e. The van der Waals surface area contributed by atoms with E-state index in [1.807, 2.05) is 62.5 Å². The number of methoxy groups -OCH3 is 1. The monoisotopic (exact) mass is 375 g/mol. The van der Waals surface area contributed by atoms with Gasteiger partial charge in [0.15, 0.2) is 0 Å². The van der Waals surface area contributed by atoms with Crippen molar-refractivity contribution in [3.8, 4) is 11.4 Å². The standard InChI is InChI=1S/C21H21N5O2/c1-14(15-4-7-17(8-5-15)26-13-22-12-23-26)25(2)21(27)20-10-16-6-9-18(28-3)11-19(16)24-20/h4-14,24H,1-3H3/t14-/m0/s1. The molecule has 0 fully saturated rings. The highest BCUT2D eigenvalue weighted by atomic mass is 16.5. The van der Waals surface area contributed by atoms with E-state index in [1.165, 1.54) is 6.33 Å². The maximum Gasteiger partial charge on any atom is 0.270 e. The molecule has 7 heteroatoms. The fourth-order valence-electron chi connectivity index (χ4n) is 3.18. The molecule has 142 valence electrons. The van der Waals surface area contributed by atoms with Crippen LogP contribution in [0.1, 0.15) is 29.0 Å². The topological polar surface area (TPSA) is 76.0 Å². The van der Waals surface area contributed by atoms with Gasteiger partial charge >= 0.3 is 0 Å². The number of fused-ring (bicyclic) bond motifs is 1. The summed E-state index contributed by atoms with van der Waals surface area (Å²) >= 11 is 0. The third kappa shape index (κ3) is 3.22. The molecule has 0 aliphatic rings. The van der Waals surface area contributed by atoms with Gasteiger partial charge < -0.3 is 14.6 Å². The SMILES string of the molecule is COc1ccc2cc(C(=O)N(C)[C@@H](C)c3ccc(-n4cncn4)cc3)[nH]c2c1. The molecule has 2 aromatic carbocycles. The summed E-state index contributed by atoms with van der Waals surface area (Å²) in [6.07, 6.45) is 3.15. The molecule has 1 atom stereocenters. The maximum absolute atomic E-state index is 13.0. The van der Waals surface area contributed by atoms with E-state index < -0.39 is 0 Å². The predicted octanol–water partition coefficient (Wildman–Crippen LogP) is 3.59. The van der Waals surface area contributed by atoms with Crippen molar-refractivity contribution in [3.05, 3.63) is 72.4 Å². The molecule has 7 nitrogen and oxygen atoms in total. The van der Waals surface area contributed by atoms with Crippen molar-refractivity contribution < 1.29 is 9.53 Å². The fourth-order valence-corrected chi connectivity index (χ4v) is 3.18. The van der Waals surface area contributed by atoms with E-state index in [0.29, 0.717) is 5.69 Å². The molecule has 0 radical (unpaired) electrons. The number of nitrogens with zero attached hydrogens (tertiary/aromatic N) is 4. The first kappa shape index (κ1) is 17.8. The van der Waals surface area contributed by atoms with Crippen molar-refractivity contribution in [3.63, 3.8) is 0 Å². The second-order valence-corrected chi connectivity index (χ2v) is 6.66. The van der Waals surface area contributed by atoms with Crippen molar-refractivity contribution in [1.29, 1.82) is 0 Å². The van der Waals surface area contributed by atoms with Crippen molar-refractivity contribution in [2.75, 3.05) is 14.2 Å². The molecule has 2 heterocycles. The van der Waals surface area contributed by atoms with E-state index in [1.54, 1.807) is 23.0 Å². The number of aromatic amines is 1. The Kier molecular flexibility index (Phi) is 4.57. The van der Waals surface area contributed by atoms with Gasteiger partial charge in [0.1, 0.15) is 24.1 Å². The summed E-state index contributed by atoms with van der Waals surface area (Å²) in [5.41, 5.74) is 3.39. The van der Waals surface area contributed by atoms with Crippen molar-refractivity contribution in [2.24, 2.45) is 0 Å². The number of aromatic nitrogens is 4. The summed E-state index contributed by atoms with van der Waals surface area (Å²) < 4.78 is 6.94. The number of amides is 1. The minimum Gasteiger partial charge on any atom is -0.497 e.